The Morgan fingerprint density at radius 2 is 2.10 bits per heavy atom. The van der Waals surface area contributed by atoms with Gasteiger partial charge in [-0.25, -0.2) is 0 Å². The molecule has 21 heavy (non-hydrogen) atoms. The van der Waals surface area contributed by atoms with Gasteiger partial charge < -0.3 is 9.84 Å². The Morgan fingerprint density at radius 1 is 1.33 bits per heavy atom. The number of unbranched alkanes of at least 4 members (excludes halogenated alkanes) is 2. The number of aliphatic hydroxyl groups excluding tert-OH is 1. The molecule has 1 aliphatic heterocycles. The molecule has 1 heterocycles. The van der Waals surface area contributed by atoms with Crippen LogP contribution in [0.1, 0.15) is 39.0 Å². The molecule has 0 spiro atoms. The van der Waals surface area contributed by atoms with Gasteiger partial charge in [0.25, 0.3) is 0 Å². The highest BCUT2D eigenvalue weighted by atomic mass is 16.6. The zero-order chi connectivity index (χ0) is 15.5. The number of ketones is 2. The average molecular weight is 290 g/mol. The van der Waals surface area contributed by atoms with Crippen LogP contribution in [-0.4, -0.2) is 35.0 Å². The first-order valence-electron chi connectivity index (χ1n) is 7.48. The normalized spacial score (nSPS) is 28.2. The number of carbonyl (C=O) groups is 2. The van der Waals surface area contributed by atoms with E-state index in [-0.39, 0.29) is 17.1 Å². The zero-order valence-corrected chi connectivity index (χ0v) is 12.4. The second-order valence-electron chi connectivity index (χ2n) is 5.51. The largest absolute Gasteiger partial charge is 0.392 e. The minimum atomic E-state index is -1.04. The van der Waals surface area contributed by atoms with E-state index in [0.717, 1.165) is 19.3 Å². The predicted molar refractivity (Wildman–Crippen MR) is 79.8 cm³/mol. The van der Waals surface area contributed by atoms with Crippen LogP contribution in [0.2, 0.25) is 0 Å². The fourth-order valence-electron chi connectivity index (χ4n) is 2.81. The number of ether oxygens (including phenoxy) is 1. The predicted octanol–water partition coefficient (Wildman–Crippen LogP) is 2.28. The van der Waals surface area contributed by atoms with Gasteiger partial charge in [0.2, 0.25) is 0 Å². The topological polar surface area (TPSA) is 66.9 Å². The monoisotopic (exact) mass is 290 g/mol. The summed E-state index contributed by atoms with van der Waals surface area (Å²) in [4.78, 5) is 24.8. The number of fused-ring (bicyclic) bond motifs is 1. The Morgan fingerprint density at radius 3 is 2.71 bits per heavy atom. The summed E-state index contributed by atoms with van der Waals surface area (Å²) < 4.78 is 5.39. The molecule has 4 nitrogen and oxygen atoms in total. The molecule has 2 rings (SSSR count). The molecule has 114 valence electrons. The van der Waals surface area contributed by atoms with Crippen LogP contribution in [0.4, 0.5) is 0 Å². The standard InChI is InChI=1S/C17H22O4/c1-3-5-6-7-8-9-12-13(11-18)14(19)16-17(21-16,10-4-2)15(12)20/h4,7-8,16,18H,2-3,5-6,9-11H2,1H3/b8-7+. The maximum atomic E-state index is 12.6. The van der Waals surface area contributed by atoms with E-state index in [9.17, 15) is 14.7 Å². The van der Waals surface area contributed by atoms with Crippen molar-refractivity contribution in [2.24, 2.45) is 0 Å². The van der Waals surface area contributed by atoms with Crippen molar-refractivity contribution < 1.29 is 19.4 Å². The van der Waals surface area contributed by atoms with E-state index in [4.69, 9.17) is 4.74 Å². The molecule has 0 amide bonds. The van der Waals surface area contributed by atoms with E-state index in [1.54, 1.807) is 6.08 Å². The molecule has 0 aromatic heterocycles. The van der Waals surface area contributed by atoms with E-state index >= 15 is 0 Å². The molecule has 0 aromatic carbocycles. The first kappa shape index (κ1) is 15.9. The van der Waals surface area contributed by atoms with Gasteiger partial charge in [-0.2, -0.15) is 0 Å². The first-order valence-corrected chi connectivity index (χ1v) is 7.48. The van der Waals surface area contributed by atoms with Crippen LogP contribution >= 0.6 is 0 Å². The number of carbonyl (C=O) groups excluding carboxylic acids is 2. The molecule has 2 aliphatic rings. The molecule has 1 fully saturated rings. The molecule has 0 radical (unpaired) electrons. The summed E-state index contributed by atoms with van der Waals surface area (Å²) in [6.45, 7) is 5.33. The molecule has 0 bridgehead atoms. The number of aliphatic hydroxyl groups is 1. The maximum Gasteiger partial charge on any atom is 0.194 e. The number of Topliss-reactive ketones (excluding diaryl/α,β-unsaturated/α-hetero) is 2. The molecule has 2 unspecified atom stereocenters. The van der Waals surface area contributed by atoms with Crippen molar-refractivity contribution in [3.8, 4) is 0 Å². The lowest BCUT2D eigenvalue weighted by Gasteiger charge is -2.19. The van der Waals surface area contributed by atoms with Crippen molar-refractivity contribution in [1.82, 2.24) is 0 Å². The van der Waals surface area contributed by atoms with E-state index in [1.807, 2.05) is 12.2 Å². The summed E-state index contributed by atoms with van der Waals surface area (Å²) in [6.07, 6.45) is 8.67. The minimum Gasteiger partial charge on any atom is -0.392 e. The second-order valence-corrected chi connectivity index (χ2v) is 5.51. The van der Waals surface area contributed by atoms with Crippen molar-refractivity contribution in [2.75, 3.05) is 6.61 Å². The molecule has 0 aromatic rings. The highest BCUT2D eigenvalue weighted by Crippen LogP contribution is 2.48. The zero-order valence-electron chi connectivity index (χ0n) is 12.4. The van der Waals surface area contributed by atoms with Crippen molar-refractivity contribution in [2.45, 2.75) is 50.7 Å². The SMILES string of the molecule is C=CCC12OC1C(=O)C(CO)=C(C/C=C/CCCC)C2=O. The van der Waals surface area contributed by atoms with Crippen LogP contribution in [0.3, 0.4) is 0 Å². The number of allylic oxidation sites excluding steroid dienone is 2. The summed E-state index contributed by atoms with van der Waals surface area (Å²) in [5.74, 6) is -0.424. The van der Waals surface area contributed by atoms with Crippen molar-refractivity contribution in [3.63, 3.8) is 0 Å². The van der Waals surface area contributed by atoms with E-state index in [0.29, 0.717) is 18.4 Å². The molecule has 4 heteroatoms. The van der Waals surface area contributed by atoms with Crippen LogP contribution in [0.25, 0.3) is 0 Å². The van der Waals surface area contributed by atoms with E-state index in [2.05, 4.69) is 13.5 Å². The van der Waals surface area contributed by atoms with Crippen molar-refractivity contribution in [1.29, 1.82) is 0 Å². The Balaban J connectivity index is 2.18. The smallest absolute Gasteiger partial charge is 0.194 e. The number of epoxide rings is 1. The molecule has 1 aliphatic carbocycles. The van der Waals surface area contributed by atoms with Gasteiger partial charge in [-0.3, -0.25) is 9.59 Å². The van der Waals surface area contributed by atoms with Gasteiger partial charge in [-0.1, -0.05) is 38.0 Å². The summed E-state index contributed by atoms with van der Waals surface area (Å²) in [7, 11) is 0. The van der Waals surface area contributed by atoms with Crippen LogP contribution in [0.5, 0.6) is 0 Å². The van der Waals surface area contributed by atoms with Crippen LogP contribution in [0, 0.1) is 0 Å². The van der Waals surface area contributed by atoms with Gasteiger partial charge in [-0.05, 0) is 12.8 Å². The first-order chi connectivity index (χ1) is 10.1. The average Bonchev–Trinajstić information content (AvgIpc) is 3.20. The van der Waals surface area contributed by atoms with Crippen LogP contribution in [-0.2, 0) is 14.3 Å². The number of rotatable bonds is 8. The van der Waals surface area contributed by atoms with E-state index in [1.165, 1.54) is 0 Å². The van der Waals surface area contributed by atoms with Gasteiger partial charge in [0.05, 0.1) is 6.61 Å². The van der Waals surface area contributed by atoms with Crippen LogP contribution < -0.4 is 0 Å². The Kier molecular flexibility index (Phi) is 4.91. The number of hydrogen-bond acceptors (Lipinski definition) is 4. The fourth-order valence-corrected chi connectivity index (χ4v) is 2.81. The highest BCUT2D eigenvalue weighted by molar-refractivity contribution is 6.21. The molecule has 1 saturated heterocycles. The lowest BCUT2D eigenvalue weighted by molar-refractivity contribution is -0.123. The number of hydrogen-bond donors (Lipinski definition) is 1. The van der Waals surface area contributed by atoms with Gasteiger partial charge >= 0.3 is 0 Å². The third-order valence-corrected chi connectivity index (χ3v) is 4.07. The van der Waals surface area contributed by atoms with Gasteiger partial charge in [0, 0.05) is 17.6 Å². The molecular formula is C17H22O4. The summed E-state index contributed by atoms with van der Waals surface area (Å²) in [5, 5.41) is 9.41. The van der Waals surface area contributed by atoms with Crippen LogP contribution in [0.15, 0.2) is 36.0 Å². The molecule has 2 atom stereocenters. The third kappa shape index (κ3) is 2.78. The second kappa shape index (κ2) is 6.50. The highest BCUT2D eigenvalue weighted by Gasteiger charge is 2.68. The van der Waals surface area contributed by atoms with E-state index < -0.39 is 18.3 Å². The fraction of sp³-hybridized carbons (Fsp3) is 0.529. The minimum absolute atomic E-state index is 0.170. The molecule has 1 N–H and O–H groups in total. The third-order valence-electron chi connectivity index (χ3n) is 4.07. The van der Waals surface area contributed by atoms with Crippen molar-refractivity contribution >= 4 is 11.6 Å². The Hall–Kier alpha value is -1.52. The van der Waals surface area contributed by atoms with Gasteiger partial charge in [0.15, 0.2) is 23.3 Å². The van der Waals surface area contributed by atoms with Crippen molar-refractivity contribution in [3.05, 3.63) is 36.0 Å². The summed E-state index contributed by atoms with van der Waals surface area (Å²) in [6, 6.07) is 0. The summed E-state index contributed by atoms with van der Waals surface area (Å²) >= 11 is 0. The lowest BCUT2D eigenvalue weighted by Crippen LogP contribution is -2.38. The molecule has 0 saturated carbocycles. The quantitative estimate of drug-likeness (QED) is 0.423. The maximum absolute atomic E-state index is 12.6. The Bertz CT molecular complexity index is 515. The lowest BCUT2D eigenvalue weighted by atomic mass is 9.79. The summed E-state index contributed by atoms with van der Waals surface area (Å²) in [5.41, 5.74) is -0.433. The van der Waals surface area contributed by atoms with Gasteiger partial charge in [0.1, 0.15) is 0 Å². The van der Waals surface area contributed by atoms with Gasteiger partial charge in [-0.15, -0.1) is 6.58 Å². The molecular weight excluding hydrogens is 268 g/mol. The Labute approximate surface area is 125 Å².